The Bertz CT molecular complexity index is 459. The van der Waals surface area contributed by atoms with E-state index < -0.39 is 0 Å². The topological polar surface area (TPSA) is 15.3 Å². The van der Waals surface area contributed by atoms with E-state index in [0.717, 1.165) is 6.54 Å². The molecule has 0 aliphatic carbocycles. The summed E-state index contributed by atoms with van der Waals surface area (Å²) in [7, 11) is 2.28. The van der Waals surface area contributed by atoms with Gasteiger partial charge in [-0.25, -0.2) is 0 Å². The maximum Gasteiger partial charge on any atom is 0.0396 e. The smallest absolute Gasteiger partial charge is 0.0396 e. The van der Waals surface area contributed by atoms with Crippen LogP contribution in [0.25, 0.3) is 0 Å². The van der Waals surface area contributed by atoms with Gasteiger partial charge in [0.15, 0.2) is 0 Å². The van der Waals surface area contributed by atoms with Gasteiger partial charge in [0.1, 0.15) is 0 Å². The number of nitrogens with one attached hydrogen (secondary N) is 1. The van der Waals surface area contributed by atoms with Crippen molar-refractivity contribution >= 4 is 15.9 Å². The first-order valence-corrected chi connectivity index (χ1v) is 8.98. The van der Waals surface area contributed by atoms with Crippen molar-refractivity contribution in [1.82, 2.24) is 10.2 Å². The molecule has 0 amide bonds. The maximum atomic E-state index is 3.80. The lowest BCUT2D eigenvalue weighted by Gasteiger charge is -2.34. The number of nitrogens with zero attached hydrogens (tertiary/aromatic N) is 1. The van der Waals surface area contributed by atoms with Crippen LogP contribution in [0, 0.1) is 12.8 Å². The van der Waals surface area contributed by atoms with Crippen LogP contribution in [0.15, 0.2) is 22.7 Å². The van der Waals surface area contributed by atoms with Gasteiger partial charge in [-0.1, -0.05) is 48.3 Å². The Morgan fingerprint density at radius 1 is 1.33 bits per heavy atom. The zero-order chi connectivity index (χ0) is 15.4. The molecule has 1 aliphatic heterocycles. The summed E-state index contributed by atoms with van der Waals surface area (Å²) in [5, 5.41) is 3.65. The summed E-state index contributed by atoms with van der Waals surface area (Å²) in [6.07, 6.45) is 3.97. The molecular formula is C18H29BrN2. The zero-order valence-corrected chi connectivity index (χ0v) is 15.4. The molecule has 1 aromatic carbocycles. The van der Waals surface area contributed by atoms with E-state index in [4.69, 9.17) is 0 Å². The van der Waals surface area contributed by atoms with Crippen molar-refractivity contribution in [3.63, 3.8) is 0 Å². The van der Waals surface area contributed by atoms with Gasteiger partial charge < -0.3 is 5.32 Å². The molecular weight excluding hydrogens is 324 g/mol. The summed E-state index contributed by atoms with van der Waals surface area (Å²) in [6.45, 7) is 8.92. The number of hydrogen-bond acceptors (Lipinski definition) is 2. The molecule has 0 bridgehead atoms. The van der Waals surface area contributed by atoms with Crippen LogP contribution in [-0.4, -0.2) is 31.1 Å². The third-order valence-electron chi connectivity index (χ3n) is 4.52. The molecule has 0 aromatic heterocycles. The van der Waals surface area contributed by atoms with E-state index in [2.05, 4.69) is 72.2 Å². The summed E-state index contributed by atoms with van der Waals surface area (Å²) >= 11 is 3.80. The second kappa shape index (κ2) is 7.75. The molecule has 1 N–H and O–H groups in total. The lowest BCUT2D eigenvalue weighted by Crippen LogP contribution is -2.37. The van der Waals surface area contributed by atoms with Crippen LogP contribution >= 0.6 is 15.9 Å². The van der Waals surface area contributed by atoms with E-state index in [-0.39, 0.29) is 0 Å². The fourth-order valence-corrected chi connectivity index (χ4v) is 4.12. The van der Waals surface area contributed by atoms with Crippen molar-refractivity contribution in [2.75, 3.05) is 20.1 Å². The number of halogens is 1. The summed E-state index contributed by atoms with van der Waals surface area (Å²) in [6, 6.07) is 7.87. The van der Waals surface area contributed by atoms with Crippen molar-refractivity contribution in [2.45, 2.75) is 52.1 Å². The molecule has 3 heteroatoms. The molecule has 2 rings (SSSR count). The quantitative estimate of drug-likeness (QED) is 0.856. The van der Waals surface area contributed by atoms with E-state index in [1.807, 2.05) is 0 Å². The van der Waals surface area contributed by atoms with Gasteiger partial charge in [0.2, 0.25) is 0 Å². The van der Waals surface area contributed by atoms with Crippen molar-refractivity contribution in [3.8, 4) is 0 Å². The highest BCUT2D eigenvalue weighted by Gasteiger charge is 2.30. The molecule has 1 aliphatic rings. The molecule has 2 unspecified atom stereocenters. The minimum absolute atomic E-state index is 0.508. The van der Waals surface area contributed by atoms with Crippen LogP contribution in [0.1, 0.15) is 50.3 Å². The summed E-state index contributed by atoms with van der Waals surface area (Å²) in [5.74, 6) is 0.680. The molecule has 118 valence electrons. The summed E-state index contributed by atoms with van der Waals surface area (Å²) in [5.41, 5.74) is 2.76. The van der Waals surface area contributed by atoms with Gasteiger partial charge in [0.05, 0.1) is 0 Å². The minimum Gasteiger partial charge on any atom is -0.314 e. The average molecular weight is 353 g/mol. The highest BCUT2D eigenvalue weighted by molar-refractivity contribution is 9.10. The second-order valence-electron chi connectivity index (χ2n) is 6.77. The molecule has 2 nitrogen and oxygen atoms in total. The van der Waals surface area contributed by atoms with E-state index in [0.29, 0.717) is 18.0 Å². The molecule has 1 saturated heterocycles. The van der Waals surface area contributed by atoms with Gasteiger partial charge >= 0.3 is 0 Å². The van der Waals surface area contributed by atoms with Gasteiger partial charge in [0, 0.05) is 23.1 Å². The van der Waals surface area contributed by atoms with E-state index in [9.17, 15) is 0 Å². The third kappa shape index (κ3) is 4.54. The molecule has 0 saturated carbocycles. The number of likely N-dealkylation sites (tertiary alicyclic amines) is 1. The van der Waals surface area contributed by atoms with Gasteiger partial charge in [-0.2, -0.15) is 0 Å². The number of hydrogen-bond donors (Lipinski definition) is 1. The summed E-state index contributed by atoms with van der Waals surface area (Å²) < 4.78 is 1.26. The predicted molar refractivity (Wildman–Crippen MR) is 94.7 cm³/mol. The van der Waals surface area contributed by atoms with E-state index in [1.54, 1.807) is 0 Å². The fraction of sp³-hybridized carbons (Fsp3) is 0.667. The Kier molecular flexibility index (Phi) is 6.27. The Labute approximate surface area is 138 Å². The molecule has 0 radical (unpaired) electrons. The highest BCUT2D eigenvalue weighted by atomic mass is 79.9. The molecule has 2 atom stereocenters. The van der Waals surface area contributed by atoms with E-state index >= 15 is 0 Å². The standard InChI is InChI=1S/C18H29BrN2/c1-13(2)20-12-15-7-5-6-10-21(4)18(15)16-9-8-14(3)11-17(16)19/h8-9,11,13,15,18,20H,5-7,10,12H2,1-4H3. The van der Waals surface area contributed by atoms with Crippen molar-refractivity contribution in [3.05, 3.63) is 33.8 Å². The summed E-state index contributed by atoms with van der Waals surface area (Å²) in [4.78, 5) is 2.55. The Balaban J connectivity index is 2.27. The van der Waals surface area contributed by atoms with Crippen LogP contribution in [0.5, 0.6) is 0 Å². The number of aryl methyl sites for hydroxylation is 1. The molecule has 1 fully saturated rings. The van der Waals surface area contributed by atoms with Crippen molar-refractivity contribution < 1.29 is 0 Å². The highest BCUT2D eigenvalue weighted by Crippen LogP contribution is 2.37. The first-order chi connectivity index (χ1) is 9.99. The Hall–Kier alpha value is -0.380. The molecule has 21 heavy (non-hydrogen) atoms. The Morgan fingerprint density at radius 3 is 2.76 bits per heavy atom. The van der Waals surface area contributed by atoms with Gasteiger partial charge in [0.25, 0.3) is 0 Å². The third-order valence-corrected chi connectivity index (χ3v) is 5.21. The first-order valence-electron chi connectivity index (χ1n) is 8.18. The molecule has 0 spiro atoms. The lowest BCUT2D eigenvalue weighted by molar-refractivity contribution is 0.186. The largest absolute Gasteiger partial charge is 0.314 e. The second-order valence-corrected chi connectivity index (χ2v) is 7.62. The number of rotatable bonds is 4. The van der Waals surface area contributed by atoms with Crippen LogP contribution < -0.4 is 5.32 Å². The van der Waals surface area contributed by atoms with Crippen molar-refractivity contribution in [2.24, 2.45) is 5.92 Å². The number of benzene rings is 1. The van der Waals surface area contributed by atoms with Crippen LogP contribution in [0.2, 0.25) is 0 Å². The van der Waals surface area contributed by atoms with Crippen LogP contribution in [0.4, 0.5) is 0 Å². The van der Waals surface area contributed by atoms with Crippen LogP contribution in [0.3, 0.4) is 0 Å². The molecule has 1 heterocycles. The van der Waals surface area contributed by atoms with Crippen LogP contribution in [-0.2, 0) is 0 Å². The van der Waals surface area contributed by atoms with E-state index in [1.165, 1.54) is 41.4 Å². The average Bonchev–Trinajstić information content (AvgIpc) is 2.59. The fourth-order valence-electron chi connectivity index (χ4n) is 3.39. The normalized spacial score (nSPS) is 24.3. The van der Waals surface area contributed by atoms with Crippen molar-refractivity contribution in [1.29, 1.82) is 0 Å². The maximum absolute atomic E-state index is 3.80. The first kappa shape index (κ1) is 17.0. The minimum atomic E-state index is 0.508. The monoisotopic (exact) mass is 352 g/mol. The van der Waals surface area contributed by atoms with Gasteiger partial charge in [-0.15, -0.1) is 0 Å². The Morgan fingerprint density at radius 2 is 2.10 bits per heavy atom. The van der Waals surface area contributed by atoms with Gasteiger partial charge in [-0.3, -0.25) is 4.90 Å². The SMILES string of the molecule is Cc1ccc(C2C(CNC(C)C)CCCCN2C)c(Br)c1. The zero-order valence-electron chi connectivity index (χ0n) is 13.8. The molecule has 1 aromatic rings. The van der Waals surface area contributed by atoms with Gasteiger partial charge in [-0.05, 0) is 56.5 Å². The predicted octanol–water partition coefficient (Wildman–Crippen LogP) is 4.53. The lowest BCUT2D eigenvalue weighted by atomic mass is 9.88.